The first kappa shape index (κ1) is 19.2. The van der Waals surface area contributed by atoms with Crippen molar-refractivity contribution >= 4 is 0 Å². The summed E-state index contributed by atoms with van der Waals surface area (Å²) in [5.41, 5.74) is 10.6. The van der Waals surface area contributed by atoms with E-state index in [0.717, 1.165) is 50.3 Å². The number of nitrogens with zero attached hydrogens (tertiary/aromatic N) is 1. The Morgan fingerprint density at radius 2 is 1.93 bits per heavy atom. The zero-order chi connectivity index (χ0) is 19.5. The van der Waals surface area contributed by atoms with Crippen LogP contribution in [0.5, 0.6) is 11.5 Å². The van der Waals surface area contributed by atoms with Gasteiger partial charge in [-0.3, -0.25) is 15.8 Å². The molecule has 0 aliphatic carbocycles. The summed E-state index contributed by atoms with van der Waals surface area (Å²) in [6.07, 6.45) is 2.33. The van der Waals surface area contributed by atoms with E-state index < -0.39 is 0 Å². The van der Waals surface area contributed by atoms with Crippen molar-refractivity contribution in [2.45, 2.75) is 38.3 Å². The number of hydrogen-bond donors (Lipinski definition) is 3. The van der Waals surface area contributed by atoms with Crippen LogP contribution in [0.25, 0.3) is 0 Å². The third-order valence-corrected chi connectivity index (χ3v) is 6.34. The fourth-order valence-electron chi connectivity index (χ4n) is 4.78. The summed E-state index contributed by atoms with van der Waals surface area (Å²) >= 11 is 0. The van der Waals surface area contributed by atoms with Crippen molar-refractivity contribution in [1.82, 2.24) is 15.8 Å². The van der Waals surface area contributed by atoms with Crippen LogP contribution in [-0.4, -0.2) is 42.8 Å². The fraction of sp³-hybridized carbons (Fsp3) is 0.478. The van der Waals surface area contributed by atoms with E-state index in [1.54, 1.807) is 13.2 Å². The molecule has 0 bridgehead atoms. The minimum Gasteiger partial charge on any atom is -0.507 e. The van der Waals surface area contributed by atoms with Crippen LogP contribution in [0.1, 0.15) is 35.4 Å². The van der Waals surface area contributed by atoms with Gasteiger partial charge in [-0.25, -0.2) is 0 Å². The third kappa shape index (κ3) is 4.02. The summed E-state index contributed by atoms with van der Waals surface area (Å²) in [6, 6.07) is 14.9. The van der Waals surface area contributed by atoms with Crippen LogP contribution in [0.3, 0.4) is 0 Å². The lowest BCUT2D eigenvalue weighted by atomic mass is 9.80. The zero-order valence-electron chi connectivity index (χ0n) is 16.8. The second-order valence-electron chi connectivity index (χ2n) is 8.14. The van der Waals surface area contributed by atoms with Crippen molar-refractivity contribution in [1.29, 1.82) is 0 Å². The van der Waals surface area contributed by atoms with Crippen molar-refractivity contribution in [3.8, 4) is 11.5 Å². The normalized spacial score (nSPS) is 23.8. The van der Waals surface area contributed by atoms with Crippen LogP contribution in [0, 0.1) is 12.8 Å². The van der Waals surface area contributed by atoms with Crippen molar-refractivity contribution in [3.05, 3.63) is 59.2 Å². The van der Waals surface area contributed by atoms with Crippen LogP contribution in [0.4, 0.5) is 0 Å². The quantitative estimate of drug-likeness (QED) is 0.743. The van der Waals surface area contributed by atoms with E-state index in [9.17, 15) is 5.11 Å². The number of methoxy groups -OCH3 is 1. The molecule has 5 heteroatoms. The van der Waals surface area contributed by atoms with Gasteiger partial charge in [0.15, 0.2) is 0 Å². The molecule has 2 atom stereocenters. The zero-order valence-corrected chi connectivity index (χ0v) is 16.8. The Hall–Kier alpha value is -2.08. The maximum atomic E-state index is 10.2. The number of nitrogens with one attached hydrogen (secondary N) is 2. The predicted octanol–water partition coefficient (Wildman–Crippen LogP) is 3.18. The van der Waals surface area contributed by atoms with Gasteiger partial charge in [0.2, 0.25) is 0 Å². The summed E-state index contributed by atoms with van der Waals surface area (Å²) in [4.78, 5) is 2.43. The molecule has 2 heterocycles. The number of phenols is 1. The van der Waals surface area contributed by atoms with Crippen molar-refractivity contribution < 1.29 is 9.84 Å². The second kappa shape index (κ2) is 8.52. The van der Waals surface area contributed by atoms with Gasteiger partial charge in [0.05, 0.1) is 7.11 Å². The van der Waals surface area contributed by atoms with Crippen LogP contribution >= 0.6 is 0 Å². The molecule has 150 valence electrons. The Morgan fingerprint density at radius 1 is 1.14 bits per heavy atom. The van der Waals surface area contributed by atoms with Crippen LogP contribution < -0.4 is 15.6 Å². The second-order valence-corrected chi connectivity index (χ2v) is 8.14. The molecule has 3 N–H and O–H groups in total. The Bertz CT molecular complexity index is 802. The van der Waals surface area contributed by atoms with Gasteiger partial charge in [0, 0.05) is 30.6 Å². The molecule has 2 aliphatic heterocycles. The molecular weight excluding hydrogens is 350 g/mol. The van der Waals surface area contributed by atoms with Gasteiger partial charge in [-0.15, -0.1) is 0 Å². The molecule has 2 aromatic carbocycles. The van der Waals surface area contributed by atoms with E-state index in [-0.39, 0.29) is 0 Å². The lowest BCUT2D eigenvalue weighted by Gasteiger charge is -2.36. The molecule has 28 heavy (non-hydrogen) atoms. The average Bonchev–Trinajstić information content (AvgIpc) is 3.20. The minimum absolute atomic E-state index is 0.322. The summed E-state index contributed by atoms with van der Waals surface area (Å²) in [7, 11) is 1.66. The number of rotatable bonds is 5. The van der Waals surface area contributed by atoms with Gasteiger partial charge >= 0.3 is 0 Å². The van der Waals surface area contributed by atoms with Gasteiger partial charge in [0.25, 0.3) is 0 Å². The van der Waals surface area contributed by atoms with E-state index in [1.807, 2.05) is 12.1 Å². The van der Waals surface area contributed by atoms with E-state index in [4.69, 9.17) is 4.74 Å². The molecule has 0 radical (unpaired) electrons. The number of hydrogen-bond acceptors (Lipinski definition) is 5. The summed E-state index contributed by atoms with van der Waals surface area (Å²) < 4.78 is 5.44. The number of likely N-dealkylation sites (tertiary alicyclic amines) is 1. The SMILES string of the molecule is COc1cccc(O)c1CN1CCC(C2NNCC2c2cccc(C)c2)CC1. The molecular formula is C23H31N3O2. The van der Waals surface area contributed by atoms with Gasteiger partial charge < -0.3 is 9.84 Å². The van der Waals surface area contributed by atoms with E-state index in [1.165, 1.54) is 11.1 Å². The molecule has 0 spiro atoms. The van der Waals surface area contributed by atoms with Gasteiger partial charge in [-0.05, 0) is 56.5 Å². The maximum absolute atomic E-state index is 10.2. The smallest absolute Gasteiger partial charge is 0.127 e. The maximum Gasteiger partial charge on any atom is 0.127 e. The number of piperidine rings is 1. The van der Waals surface area contributed by atoms with Crippen molar-refractivity contribution in [3.63, 3.8) is 0 Å². The van der Waals surface area contributed by atoms with Crippen LogP contribution in [0.15, 0.2) is 42.5 Å². The lowest BCUT2D eigenvalue weighted by Crippen LogP contribution is -2.44. The number of aromatic hydroxyl groups is 1. The van der Waals surface area contributed by atoms with E-state index in [0.29, 0.717) is 23.6 Å². The number of aryl methyl sites for hydroxylation is 1. The highest BCUT2D eigenvalue weighted by Gasteiger charge is 2.36. The highest BCUT2D eigenvalue weighted by Crippen LogP contribution is 2.34. The summed E-state index contributed by atoms with van der Waals surface area (Å²) in [5, 5.41) is 10.2. The first-order valence-corrected chi connectivity index (χ1v) is 10.3. The molecule has 2 saturated heterocycles. The Kier molecular flexibility index (Phi) is 5.85. The molecule has 0 saturated carbocycles. The summed E-state index contributed by atoms with van der Waals surface area (Å²) in [6.45, 7) is 5.98. The first-order chi connectivity index (χ1) is 13.7. The molecule has 4 rings (SSSR count). The highest BCUT2D eigenvalue weighted by atomic mass is 16.5. The minimum atomic E-state index is 0.322. The Morgan fingerprint density at radius 3 is 2.68 bits per heavy atom. The monoisotopic (exact) mass is 381 g/mol. The Labute approximate surface area is 167 Å². The van der Waals surface area contributed by atoms with Gasteiger partial charge in [-0.1, -0.05) is 35.9 Å². The standard InChI is InChI=1S/C23H31N3O2/c1-16-5-3-6-18(13-16)19-14-24-25-23(19)17-9-11-26(12-10-17)15-20-21(27)7-4-8-22(20)28-2/h3-8,13,17,19,23-25,27H,9-12,14-15H2,1-2H3. The molecule has 0 amide bonds. The number of phenolic OH excluding ortho intramolecular Hbond substituents is 1. The van der Waals surface area contributed by atoms with Crippen LogP contribution in [-0.2, 0) is 6.54 Å². The molecule has 2 aromatic rings. The predicted molar refractivity (Wildman–Crippen MR) is 112 cm³/mol. The molecule has 2 unspecified atom stereocenters. The lowest BCUT2D eigenvalue weighted by molar-refractivity contribution is 0.149. The number of ether oxygens (including phenoxy) is 1. The molecule has 2 aliphatic rings. The first-order valence-electron chi connectivity index (χ1n) is 10.3. The van der Waals surface area contributed by atoms with E-state index >= 15 is 0 Å². The largest absolute Gasteiger partial charge is 0.507 e. The van der Waals surface area contributed by atoms with Gasteiger partial charge in [0.1, 0.15) is 11.5 Å². The number of benzene rings is 2. The molecule has 5 nitrogen and oxygen atoms in total. The topological polar surface area (TPSA) is 56.8 Å². The highest BCUT2D eigenvalue weighted by molar-refractivity contribution is 5.43. The molecule has 0 aromatic heterocycles. The Balaban J connectivity index is 1.39. The van der Waals surface area contributed by atoms with Gasteiger partial charge in [-0.2, -0.15) is 0 Å². The average molecular weight is 382 g/mol. The fourth-order valence-corrected chi connectivity index (χ4v) is 4.78. The van der Waals surface area contributed by atoms with E-state index in [2.05, 4.69) is 46.9 Å². The summed E-state index contributed by atoms with van der Waals surface area (Å²) in [5.74, 6) is 2.27. The number of hydrazine groups is 1. The van der Waals surface area contributed by atoms with Crippen LogP contribution in [0.2, 0.25) is 0 Å². The molecule has 2 fully saturated rings. The third-order valence-electron chi connectivity index (χ3n) is 6.34. The van der Waals surface area contributed by atoms with Crippen molar-refractivity contribution in [2.75, 3.05) is 26.7 Å². The van der Waals surface area contributed by atoms with Crippen molar-refractivity contribution in [2.24, 2.45) is 5.92 Å².